The molecule has 0 unspecified atom stereocenters. The van der Waals surface area contributed by atoms with E-state index in [1.54, 1.807) is 16.8 Å². The Morgan fingerprint density at radius 2 is 2.21 bits per heavy atom. The van der Waals surface area contributed by atoms with Crippen molar-refractivity contribution in [1.82, 2.24) is 19.9 Å². The summed E-state index contributed by atoms with van der Waals surface area (Å²) in [5, 5.41) is 19.8. The molecular formula is C21H20N6O2. The molecule has 2 fully saturated rings. The highest BCUT2D eigenvalue weighted by molar-refractivity contribution is 5.93. The number of amides is 1. The smallest absolute Gasteiger partial charge is 0.228 e. The van der Waals surface area contributed by atoms with Crippen molar-refractivity contribution >= 4 is 17.2 Å². The molecular weight excluding hydrogens is 368 g/mol. The summed E-state index contributed by atoms with van der Waals surface area (Å²) in [6.07, 6.45) is 5.35. The number of carbonyl (C=O) groups excluding carboxylic acids is 1. The van der Waals surface area contributed by atoms with Crippen LogP contribution in [0.3, 0.4) is 0 Å². The van der Waals surface area contributed by atoms with Crippen molar-refractivity contribution in [2.75, 3.05) is 25.0 Å². The highest BCUT2D eigenvalue weighted by atomic mass is 16.5. The number of nitriles is 1. The molecule has 4 heterocycles. The number of rotatable bonds is 6. The van der Waals surface area contributed by atoms with Crippen LogP contribution in [-0.4, -0.2) is 40.2 Å². The first kappa shape index (κ1) is 17.6. The van der Waals surface area contributed by atoms with E-state index >= 15 is 0 Å². The van der Waals surface area contributed by atoms with Crippen molar-refractivity contribution in [2.45, 2.75) is 12.8 Å². The van der Waals surface area contributed by atoms with Crippen LogP contribution in [0, 0.1) is 23.2 Å². The summed E-state index contributed by atoms with van der Waals surface area (Å²) in [6, 6.07) is 9.56. The first-order chi connectivity index (χ1) is 14.2. The Labute approximate surface area is 167 Å². The van der Waals surface area contributed by atoms with Gasteiger partial charge in [-0.15, -0.1) is 0 Å². The number of hydrogen-bond acceptors (Lipinski definition) is 6. The predicted octanol–water partition coefficient (Wildman–Crippen LogP) is 2.21. The molecule has 0 aromatic carbocycles. The standard InChI is InChI=1S/C21H20N6O2/c22-8-16-6-18(19(11-24-16)29-12-13-9-23-10-13)15-3-4-27-17(5-15)7-20(26-27)25-21(28)14-1-2-14/h3-7,11,13-14,23H,1-2,9-10,12H2,(H,25,26,28). The summed E-state index contributed by atoms with van der Waals surface area (Å²) < 4.78 is 7.73. The SMILES string of the molecule is N#Cc1cc(-c2ccn3nc(NC(=O)C4CC4)cc3c2)c(OCC2CNC2)cn1. The lowest BCUT2D eigenvalue weighted by Crippen LogP contribution is -2.45. The van der Waals surface area contributed by atoms with E-state index in [2.05, 4.69) is 26.8 Å². The molecule has 1 aliphatic heterocycles. The minimum Gasteiger partial charge on any atom is -0.491 e. The van der Waals surface area contributed by atoms with Gasteiger partial charge >= 0.3 is 0 Å². The topological polar surface area (TPSA) is 104 Å². The van der Waals surface area contributed by atoms with Gasteiger partial charge in [0.05, 0.1) is 18.3 Å². The van der Waals surface area contributed by atoms with Crippen LogP contribution in [0.4, 0.5) is 5.82 Å². The highest BCUT2D eigenvalue weighted by Gasteiger charge is 2.30. The van der Waals surface area contributed by atoms with E-state index in [-0.39, 0.29) is 11.8 Å². The van der Waals surface area contributed by atoms with Crippen LogP contribution in [0.2, 0.25) is 0 Å². The molecule has 1 aliphatic carbocycles. The fraction of sp³-hybridized carbons (Fsp3) is 0.333. The first-order valence-electron chi connectivity index (χ1n) is 9.74. The van der Waals surface area contributed by atoms with E-state index in [1.165, 1.54) is 0 Å². The Hall–Kier alpha value is -3.44. The van der Waals surface area contributed by atoms with Crippen molar-refractivity contribution in [1.29, 1.82) is 5.26 Å². The zero-order valence-electron chi connectivity index (χ0n) is 15.8. The van der Waals surface area contributed by atoms with Gasteiger partial charge in [0.2, 0.25) is 5.91 Å². The van der Waals surface area contributed by atoms with Crippen molar-refractivity contribution in [3.8, 4) is 22.9 Å². The van der Waals surface area contributed by atoms with Crippen LogP contribution in [0.5, 0.6) is 5.75 Å². The predicted molar refractivity (Wildman–Crippen MR) is 106 cm³/mol. The molecule has 0 atom stereocenters. The summed E-state index contributed by atoms with van der Waals surface area (Å²) in [6.45, 7) is 2.52. The number of fused-ring (bicyclic) bond motifs is 1. The van der Waals surface area contributed by atoms with Gasteiger partial charge in [-0.1, -0.05) is 0 Å². The van der Waals surface area contributed by atoms with Gasteiger partial charge in [0, 0.05) is 42.8 Å². The number of hydrogen-bond donors (Lipinski definition) is 2. The Balaban J connectivity index is 1.45. The largest absolute Gasteiger partial charge is 0.491 e. The monoisotopic (exact) mass is 388 g/mol. The first-order valence-corrected chi connectivity index (χ1v) is 9.74. The van der Waals surface area contributed by atoms with Gasteiger partial charge in [0.1, 0.15) is 17.5 Å². The fourth-order valence-corrected chi connectivity index (χ4v) is 3.32. The number of anilines is 1. The van der Waals surface area contributed by atoms with E-state index < -0.39 is 0 Å². The molecule has 8 nitrogen and oxygen atoms in total. The van der Waals surface area contributed by atoms with Crippen LogP contribution in [0.1, 0.15) is 18.5 Å². The summed E-state index contributed by atoms with van der Waals surface area (Å²) in [4.78, 5) is 16.2. The number of carbonyl (C=O) groups is 1. The van der Waals surface area contributed by atoms with E-state index in [9.17, 15) is 10.1 Å². The second-order valence-electron chi connectivity index (χ2n) is 7.59. The molecule has 1 saturated heterocycles. The minimum atomic E-state index is 0.0302. The van der Waals surface area contributed by atoms with Crippen LogP contribution in [0.25, 0.3) is 16.6 Å². The van der Waals surface area contributed by atoms with Crippen molar-refractivity contribution < 1.29 is 9.53 Å². The van der Waals surface area contributed by atoms with Gasteiger partial charge in [-0.2, -0.15) is 10.4 Å². The Kier molecular flexibility index (Phi) is 4.37. The van der Waals surface area contributed by atoms with Crippen LogP contribution in [-0.2, 0) is 4.79 Å². The van der Waals surface area contributed by atoms with E-state index in [4.69, 9.17) is 4.74 Å². The number of pyridine rings is 2. The average Bonchev–Trinajstić information content (AvgIpc) is 3.47. The third kappa shape index (κ3) is 3.65. The molecule has 3 aromatic heterocycles. The lowest BCUT2D eigenvalue weighted by Gasteiger charge is -2.27. The zero-order chi connectivity index (χ0) is 19.8. The summed E-state index contributed by atoms with van der Waals surface area (Å²) in [5.41, 5.74) is 2.90. The lowest BCUT2D eigenvalue weighted by molar-refractivity contribution is -0.117. The molecule has 3 aromatic rings. The maximum Gasteiger partial charge on any atom is 0.228 e. The quantitative estimate of drug-likeness (QED) is 0.671. The van der Waals surface area contributed by atoms with Gasteiger partial charge in [0.25, 0.3) is 0 Å². The Morgan fingerprint density at radius 1 is 1.34 bits per heavy atom. The van der Waals surface area contributed by atoms with Crippen molar-refractivity contribution in [3.63, 3.8) is 0 Å². The molecule has 2 N–H and O–H groups in total. The van der Waals surface area contributed by atoms with Crippen LogP contribution >= 0.6 is 0 Å². The summed E-state index contributed by atoms with van der Waals surface area (Å²) in [7, 11) is 0. The van der Waals surface area contributed by atoms with Gasteiger partial charge < -0.3 is 15.4 Å². The van der Waals surface area contributed by atoms with E-state index in [0.29, 0.717) is 29.8 Å². The summed E-state index contributed by atoms with van der Waals surface area (Å²) >= 11 is 0. The fourth-order valence-electron chi connectivity index (χ4n) is 3.32. The third-order valence-electron chi connectivity index (χ3n) is 5.30. The van der Waals surface area contributed by atoms with Gasteiger partial charge in [-0.3, -0.25) is 4.79 Å². The molecule has 0 bridgehead atoms. The number of aromatic nitrogens is 3. The molecule has 2 aliphatic rings. The second kappa shape index (κ2) is 7.18. The van der Waals surface area contributed by atoms with Crippen LogP contribution in [0.15, 0.2) is 36.7 Å². The molecule has 8 heteroatoms. The maximum absolute atomic E-state index is 12.0. The molecule has 0 spiro atoms. The van der Waals surface area contributed by atoms with Gasteiger partial charge in [-0.05, 0) is 36.6 Å². The second-order valence-corrected chi connectivity index (χ2v) is 7.59. The van der Waals surface area contributed by atoms with Gasteiger partial charge in [0.15, 0.2) is 5.82 Å². The molecule has 29 heavy (non-hydrogen) atoms. The maximum atomic E-state index is 12.0. The molecule has 0 radical (unpaired) electrons. The number of nitrogens with zero attached hydrogens (tertiary/aromatic N) is 4. The molecule has 1 amide bonds. The molecule has 1 saturated carbocycles. The third-order valence-corrected chi connectivity index (χ3v) is 5.30. The molecule has 5 rings (SSSR count). The normalized spacial score (nSPS) is 16.2. The van der Waals surface area contributed by atoms with Crippen LogP contribution < -0.4 is 15.4 Å². The van der Waals surface area contributed by atoms with E-state index in [1.807, 2.05) is 24.4 Å². The molecule has 146 valence electrons. The van der Waals surface area contributed by atoms with E-state index in [0.717, 1.165) is 42.6 Å². The summed E-state index contributed by atoms with van der Waals surface area (Å²) in [5.74, 6) is 1.85. The Bertz CT molecular complexity index is 1120. The van der Waals surface area contributed by atoms with Gasteiger partial charge in [-0.25, -0.2) is 9.50 Å². The average molecular weight is 388 g/mol. The number of ether oxygens (including phenoxy) is 1. The van der Waals surface area contributed by atoms with Crippen molar-refractivity contribution in [2.24, 2.45) is 11.8 Å². The zero-order valence-corrected chi connectivity index (χ0v) is 15.8. The number of nitrogens with one attached hydrogen (secondary N) is 2. The highest BCUT2D eigenvalue weighted by Crippen LogP contribution is 2.32. The Morgan fingerprint density at radius 3 is 2.93 bits per heavy atom. The lowest BCUT2D eigenvalue weighted by atomic mass is 10.0. The van der Waals surface area contributed by atoms with Crippen molar-refractivity contribution in [3.05, 3.63) is 42.4 Å². The minimum absolute atomic E-state index is 0.0302.